The number of hydrogen-bond acceptors (Lipinski definition) is 4. The Morgan fingerprint density at radius 2 is 2.38 bits per heavy atom. The molecule has 2 unspecified atom stereocenters. The second kappa shape index (κ2) is 6.18. The van der Waals surface area contributed by atoms with Crippen LogP contribution in [0, 0.1) is 0 Å². The maximum Gasteiger partial charge on any atom is 0.325 e. The first kappa shape index (κ1) is 12.7. The lowest BCUT2D eigenvalue weighted by Gasteiger charge is -2.28. The topological polar surface area (TPSA) is 47.6 Å². The van der Waals surface area contributed by atoms with E-state index in [0.717, 1.165) is 0 Å². The van der Waals surface area contributed by atoms with Crippen LogP contribution < -0.4 is 5.32 Å². The van der Waals surface area contributed by atoms with Crippen LogP contribution >= 0.6 is 12.4 Å². The average molecular weight is 210 g/mol. The van der Waals surface area contributed by atoms with E-state index in [-0.39, 0.29) is 30.5 Å². The van der Waals surface area contributed by atoms with E-state index in [9.17, 15) is 4.79 Å². The molecule has 78 valence electrons. The number of hydrogen-bond donors (Lipinski definition) is 1. The number of esters is 1. The van der Waals surface area contributed by atoms with Crippen molar-refractivity contribution >= 4 is 18.4 Å². The summed E-state index contributed by atoms with van der Waals surface area (Å²) in [6.07, 6.45) is -0.0854. The third kappa shape index (κ3) is 3.50. The molecule has 1 fully saturated rings. The van der Waals surface area contributed by atoms with Gasteiger partial charge in [0.2, 0.25) is 0 Å². The van der Waals surface area contributed by atoms with Gasteiger partial charge in [-0.15, -0.1) is 12.4 Å². The highest BCUT2D eigenvalue weighted by molar-refractivity contribution is 5.85. The van der Waals surface area contributed by atoms with Gasteiger partial charge in [-0.1, -0.05) is 0 Å². The number of nitrogens with one attached hydrogen (secondary N) is 1. The van der Waals surface area contributed by atoms with Crippen molar-refractivity contribution in [2.45, 2.75) is 26.0 Å². The zero-order valence-electron chi connectivity index (χ0n) is 7.91. The summed E-state index contributed by atoms with van der Waals surface area (Å²) >= 11 is 0. The Morgan fingerprint density at radius 3 is 2.92 bits per heavy atom. The third-order valence-electron chi connectivity index (χ3n) is 1.86. The van der Waals surface area contributed by atoms with Crippen molar-refractivity contribution in [3.8, 4) is 0 Å². The van der Waals surface area contributed by atoms with Gasteiger partial charge in [-0.3, -0.25) is 10.1 Å². The van der Waals surface area contributed by atoms with Crippen LogP contribution in [0.15, 0.2) is 0 Å². The zero-order valence-corrected chi connectivity index (χ0v) is 8.73. The monoisotopic (exact) mass is 209 g/mol. The van der Waals surface area contributed by atoms with E-state index < -0.39 is 0 Å². The molecule has 1 rings (SSSR count). The molecule has 1 aliphatic heterocycles. The Balaban J connectivity index is 0.00000144. The average Bonchev–Trinajstić information content (AvgIpc) is 2.05. The van der Waals surface area contributed by atoms with Crippen LogP contribution in [-0.2, 0) is 14.3 Å². The van der Waals surface area contributed by atoms with Crippen LogP contribution in [0.3, 0.4) is 0 Å². The Kier molecular flexibility index (Phi) is 6.03. The first-order valence-electron chi connectivity index (χ1n) is 4.27. The van der Waals surface area contributed by atoms with Gasteiger partial charge in [0.05, 0.1) is 19.3 Å². The Hall–Kier alpha value is -0.320. The molecule has 0 saturated carbocycles. The van der Waals surface area contributed by atoms with E-state index in [1.807, 2.05) is 6.92 Å². The zero-order chi connectivity index (χ0) is 8.97. The van der Waals surface area contributed by atoms with Crippen LogP contribution in [0.5, 0.6) is 0 Å². The highest BCUT2D eigenvalue weighted by atomic mass is 35.5. The van der Waals surface area contributed by atoms with Crippen LogP contribution in [-0.4, -0.2) is 37.9 Å². The molecule has 0 bridgehead atoms. The van der Waals surface area contributed by atoms with E-state index in [1.165, 1.54) is 0 Å². The molecule has 0 spiro atoms. The van der Waals surface area contributed by atoms with E-state index in [2.05, 4.69) is 5.32 Å². The second-order valence-corrected chi connectivity index (χ2v) is 2.76. The van der Waals surface area contributed by atoms with Gasteiger partial charge < -0.3 is 9.47 Å². The van der Waals surface area contributed by atoms with Gasteiger partial charge in [0, 0.05) is 6.54 Å². The van der Waals surface area contributed by atoms with E-state index in [1.54, 1.807) is 6.92 Å². The van der Waals surface area contributed by atoms with Gasteiger partial charge >= 0.3 is 5.97 Å². The van der Waals surface area contributed by atoms with E-state index in [4.69, 9.17) is 9.47 Å². The van der Waals surface area contributed by atoms with Gasteiger partial charge in [0.15, 0.2) is 0 Å². The summed E-state index contributed by atoms with van der Waals surface area (Å²) in [6, 6.07) is -0.293. The molecule has 1 saturated heterocycles. The lowest BCUT2D eigenvalue weighted by molar-refractivity contribution is -0.151. The van der Waals surface area contributed by atoms with Crippen molar-refractivity contribution in [3.05, 3.63) is 0 Å². The molecule has 0 amide bonds. The lowest BCUT2D eigenvalue weighted by atomic mass is 10.1. The van der Waals surface area contributed by atoms with Gasteiger partial charge in [-0.2, -0.15) is 0 Å². The molecule has 2 atom stereocenters. The number of carbonyl (C=O) groups is 1. The van der Waals surface area contributed by atoms with Gasteiger partial charge in [-0.05, 0) is 13.8 Å². The minimum absolute atomic E-state index is 0. The molecule has 1 N–H and O–H groups in total. The Labute approximate surface area is 84.4 Å². The molecule has 0 aromatic carbocycles. The Bertz CT molecular complexity index is 165. The maximum absolute atomic E-state index is 11.2. The van der Waals surface area contributed by atoms with E-state index in [0.29, 0.717) is 19.8 Å². The van der Waals surface area contributed by atoms with Crippen LogP contribution in [0.1, 0.15) is 13.8 Å². The first-order valence-corrected chi connectivity index (χ1v) is 4.27. The van der Waals surface area contributed by atoms with Crippen LogP contribution in [0.4, 0.5) is 0 Å². The number of halogens is 1. The first-order chi connectivity index (χ1) is 5.75. The highest BCUT2D eigenvalue weighted by Gasteiger charge is 2.29. The fourth-order valence-corrected chi connectivity index (χ4v) is 1.23. The summed E-state index contributed by atoms with van der Waals surface area (Å²) in [6.45, 7) is 5.47. The van der Waals surface area contributed by atoms with Crippen molar-refractivity contribution in [1.29, 1.82) is 0 Å². The highest BCUT2D eigenvalue weighted by Crippen LogP contribution is 2.05. The molecule has 4 nitrogen and oxygen atoms in total. The molecule has 13 heavy (non-hydrogen) atoms. The number of rotatable bonds is 2. The third-order valence-corrected chi connectivity index (χ3v) is 1.86. The predicted octanol–water partition coefficient (Wildman–Crippen LogP) is 0.348. The second-order valence-electron chi connectivity index (χ2n) is 2.76. The summed E-state index contributed by atoms with van der Waals surface area (Å²) in [4.78, 5) is 11.2. The number of carbonyl (C=O) groups excluding carboxylic acids is 1. The maximum atomic E-state index is 11.2. The standard InChI is InChI=1S/C8H15NO3.ClH/c1-3-11-8(10)7-6(2)12-5-4-9-7;/h6-7,9H,3-5H2,1-2H3;1H. The number of morpholine rings is 1. The van der Waals surface area contributed by atoms with Crippen molar-refractivity contribution in [3.63, 3.8) is 0 Å². The molecule has 1 heterocycles. The van der Waals surface area contributed by atoms with Crippen LogP contribution in [0.25, 0.3) is 0 Å². The molecule has 5 heteroatoms. The Morgan fingerprint density at radius 1 is 1.69 bits per heavy atom. The molecule has 0 radical (unpaired) electrons. The fraction of sp³-hybridized carbons (Fsp3) is 0.875. The largest absolute Gasteiger partial charge is 0.465 e. The van der Waals surface area contributed by atoms with Crippen LogP contribution in [0.2, 0.25) is 0 Å². The molecule has 0 aliphatic carbocycles. The van der Waals surface area contributed by atoms with Crippen molar-refractivity contribution in [1.82, 2.24) is 5.32 Å². The fourth-order valence-electron chi connectivity index (χ4n) is 1.23. The van der Waals surface area contributed by atoms with Crippen molar-refractivity contribution in [2.24, 2.45) is 0 Å². The van der Waals surface area contributed by atoms with Crippen molar-refractivity contribution < 1.29 is 14.3 Å². The SMILES string of the molecule is CCOC(=O)C1NCCOC1C.Cl. The minimum atomic E-state index is -0.293. The summed E-state index contributed by atoms with van der Waals surface area (Å²) in [7, 11) is 0. The van der Waals surface area contributed by atoms with Gasteiger partial charge in [0.1, 0.15) is 6.04 Å². The lowest BCUT2D eigenvalue weighted by Crippen LogP contribution is -2.52. The smallest absolute Gasteiger partial charge is 0.325 e. The van der Waals surface area contributed by atoms with Crippen molar-refractivity contribution in [2.75, 3.05) is 19.8 Å². The van der Waals surface area contributed by atoms with E-state index >= 15 is 0 Å². The van der Waals surface area contributed by atoms with Gasteiger partial charge in [0.25, 0.3) is 0 Å². The summed E-state index contributed by atoms with van der Waals surface area (Å²) in [5, 5.41) is 3.05. The summed E-state index contributed by atoms with van der Waals surface area (Å²) < 4.78 is 10.2. The quantitative estimate of drug-likeness (QED) is 0.667. The minimum Gasteiger partial charge on any atom is -0.465 e. The summed E-state index contributed by atoms with van der Waals surface area (Å²) in [5.74, 6) is -0.218. The van der Waals surface area contributed by atoms with Gasteiger partial charge in [-0.25, -0.2) is 0 Å². The molecule has 0 aromatic heterocycles. The molecular formula is C8H16ClNO3. The molecule has 0 aromatic rings. The molecular weight excluding hydrogens is 194 g/mol. The summed E-state index contributed by atoms with van der Waals surface area (Å²) in [5.41, 5.74) is 0. The normalized spacial score (nSPS) is 27.5. The predicted molar refractivity (Wildman–Crippen MR) is 51.1 cm³/mol. The number of ether oxygens (including phenoxy) is 2. The molecule has 1 aliphatic rings.